The molecule has 0 bridgehead atoms. The molecule has 1 aromatic heterocycles. The third kappa shape index (κ3) is 5.11. The standard InChI is InChI=1S/C19H18ClN5O2S/c1-12-6-7-16(9-17(12)20)25-11-21-24-19(25)28-10-18(27)23-15-5-3-4-14(8-15)22-13(2)26/h3-9,11H,10H2,1-2H3,(H,22,26)(H,23,27). The Morgan fingerprint density at radius 1 is 1.14 bits per heavy atom. The number of halogens is 1. The topological polar surface area (TPSA) is 88.9 Å². The van der Waals surface area contributed by atoms with E-state index in [9.17, 15) is 9.59 Å². The van der Waals surface area contributed by atoms with Crippen LogP contribution in [-0.2, 0) is 9.59 Å². The van der Waals surface area contributed by atoms with Crippen molar-refractivity contribution in [1.29, 1.82) is 0 Å². The molecule has 0 aliphatic heterocycles. The van der Waals surface area contributed by atoms with Crippen LogP contribution in [0.3, 0.4) is 0 Å². The number of anilines is 2. The van der Waals surface area contributed by atoms with Crippen LogP contribution in [0.15, 0.2) is 53.9 Å². The average Bonchev–Trinajstić information content (AvgIpc) is 3.10. The Bertz CT molecular complexity index is 1020. The van der Waals surface area contributed by atoms with Gasteiger partial charge < -0.3 is 10.6 Å². The first-order valence-corrected chi connectivity index (χ1v) is 9.75. The third-order valence-electron chi connectivity index (χ3n) is 3.75. The Hall–Kier alpha value is -2.84. The Morgan fingerprint density at radius 2 is 1.89 bits per heavy atom. The van der Waals surface area contributed by atoms with Crippen LogP contribution in [0.5, 0.6) is 0 Å². The first-order valence-electron chi connectivity index (χ1n) is 8.39. The van der Waals surface area contributed by atoms with Crippen LogP contribution < -0.4 is 10.6 Å². The van der Waals surface area contributed by atoms with Crippen LogP contribution in [0.2, 0.25) is 5.02 Å². The minimum Gasteiger partial charge on any atom is -0.326 e. The Kier molecular flexibility index (Phi) is 6.33. The van der Waals surface area contributed by atoms with Gasteiger partial charge >= 0.3 is 0 Å². The Balaban J connectivity index is 1.64. The normalized spacial score (nSPS) is 10.5. The van der Waals surface area contributed by atoms with Crippen LogP contribution in [0.1, 0.15) is 12.5 Å². The van der Waals surface area contributed by atoms with Crippen molar-refractivity contribution in [3.05, 3.63) is 59.4 Å². The van der Waals surface area contributed by atoms with Crippen LogP contribution in [-0.4, -0.2) is 32.3 Å². The molecule has 144 valence electrons. The van der Waals surface area contributed by atoms with Gasteiger partial charge in [0.2, 0.25) is 11.8 Å². The zero-order valence-corrected chi connectivity index (χ0v) is 16.8. The molecule has 2 N–H and O–H groups in total. The molecular formula is C19H18ClN5O2S. The summed E-state index contributed by atoms with van der Waals surface area (Å²) in [5.41, 5.74) is 3.03. The van der Waals surface area contributed by atoms with Gasteiger partial charge in [-0.05, 0) is 42.8 Å². The predicted molar refractivity (Wildman–Crippen MR) is 111 cm³/mol. The van der Waals surface area contributed by atoms with Crippen molar-refractivity contribution >= 4 is 46.6 Å². The average molecular weight is 416 g/mol. The molecule has 2 aromatic carbocycles. The predicted octanol–water partition coefficient (Wildman–Crippen LogP) is 3.92. The van der Waals surface area contributed by atoms with E-state index < -0.39 is 0 Å². The zero-order valence-electron chi connectivity index (χ0n) is 15.3. The van der Waals surface area contributed by atoms with E-state index in [1.54, 1.807) is 35.2 Å². The van der Waals surface area contributed by atoms with Crippen molar-refractivity contribution in [1.82, 2.24) is 14.8 Å². The number of hydrogen-bond acceptors (Lipinski definition) is 5. The summed E-state index contributed by atoms with van der Waals surface area (Å²) in [5, 5.41) is 14.7. The van der Waals surface area contributed by atoms with Crippen molar-refractivity contribution < 1.29 is 9.59 Å². The molecule has 0 radical (unpaired) electrons. The van der Waals surface area contributed by atoms with Gasteiger partial charge in [-0.25, -0.2) is 0 Å². The lowest BCUT2D eigenvalue weighted by molar-refractivity contribution is -0.114. The number of aryl methyl sites for hydroxylation is 1. The fourth-order valence-electron chi connectivity index (χ4n) is 2.44. The largest absolute Gasteiger partial charge is 0.326 e. The van der Waals surface area contributed by atoms with Gasteiger partial charge in [-0.15, -0.1) is 10.2 Å². The minimum absolute atomic E-state index is 0.155. The summed E-state index contributed by atoms with van der Waals surface area (Å²) in [6, 6.07) is 12.6. The number of amides is 2. The Labute approximate surface area is 171 Å². The molecule has 9 heteroatoms. The van der Waals surface area contributed by atoms with Gasteiger partial charge in [0, 0.05) is 23.3 Å². The lowest BCUT2D eigenvalue weighted by Gasteiger charge is -2.09. The van der Waals surface area contributed by atoms with E-state index >= 15 is 0 Å². The molecule has 0 atom stereocenters. The highest BCUT2D eigenvalue weighted by Crippen LogP contribution is 2.24. The van der Waals surface area contributed by atoms with Crippen molar-refractivity contribution in [3.8, 4) is 5.69 Å². The number of hydrogen-bond donors (Lipinski definition) is 2. The van der Waals surface area contributed by atoms with E-state index in [4.69, 9.17) is 11.6 Å². The summed E-state index contributed by atoms with van der Waals surface area (Å²) in [7, 11) is 0. The third-order valence-corrected chi connectivity index (χ3v) is 5.10. The van der Waals surface area contributed by atoms with Gasteiger partial charge in [0.05, 0.1) is 11.4 Å². The quantitative estimate of drug-likeness (QED) is 0.595. The molecule has 0 fully saturated rings. The maximum atomic E-state index is 12.3. The molecule has 3 rings (SSSR count). The minimum atomic E-state index is -0.193. The summed E-state index contributed by atoms with van der Waals surface area (Å²) in [5.74, 6) is -0.209. The van der Waals surface area contributed by atoms with Gasteiger partial charge in [-0.1, -0.05) is 35.5 Å². The molecule has 1 heterocycles. The van der Waals surface area contributed by atoms with Crippen LogP contribution in [0.25, 0.3) is 5.69 Å². The lowest BCUT2D eigenvalue weighted by atomic mass is 10.2. The molecule has 3 aromatic rings. The first kappa shape index (κ1) is 19.9. The molecule has 0 aliphatic carbocycles. The van der Waals surface area contributed by atoms with Crippen molar-refractivity contribution in [2.24, 2.45) is 0 Å². The number of rotatable bonds is 6. The molecule has 28 heavy (non-hydrogen) atoms. The number of benzene rings is 2. The molecule has 7 nitrogen and oxygen atoms in total. The summed E-state index contributed by atoms with van der Waals surface area (Å²) in [6.45, 7) is 3.36. The smallest absolute Gasteiger partial charge is 0.234 e. The highest BCUT2D eigenvalue weighted by molar-refractivity contribution is 7.99. The number of nitrogens with one attached hydrogen (secondary N) is 2. The second-order valence-corrected chi connectivity index (χ2v) is 7.37. The fraction of sp³-hybridized carbons (Fsp3) is 0.158. The second kappa shape index (κ2) is 8.90. The van der Waals surface area contributed by atoms with E-state index in [0.29, 0.717) is 21.6 Å². The maximum Gasteiger partial charge on any atom is 0.234 e. The number of carbonyl (C=O) groups is 2. The van der Waals surface area contributed by atoms with Crippen LogP contribution in [0, 0.1) is 6.92 Å². The van der Waals surface area contributed by atoms with Crippen molar-refractivity contribution in [3.63, 3.8) is 0 Å². The van der Waals surface area contributed by atoms with Gasteiger partial charge in [0.1, 0.15) is 6.33 Å². The fourth-order valence-corrected chi connectivity index (χ4v) is 3.34. The van der Waals surface area contributed by atoms with Gasteiger partial charge in [-0.2, -0.15) is 0 Å². The van der Waals surface area contributed by atoms with Gasteiger partial charge in [0.25, 0.3) is 0 Å². The highest BCUT2D eigenvalue weighted by atomic mass is 35.5. The van der Waals surface area contributed by atoms with Crippen molar-refractivity contribution in [2.75, 3.05) is 16.4 Å². The van der Waals surface area contributed by atoms with Crippen molar-refractivity contribution in [2.45, 2.75) is 19.0 Å². The number of carbonyl (C=O) groups excluding carboxylic acids is 2. The van der Waals surface area contributed by atoms with Crippen LogP contribution in [0.4, 0.5) is 11.4 Å². The number of thioether (sulfide) groups is 1. The summed E-state index contributed by atoms with van der Waals surface area (Å²) in [6.07, 6.45) is 1.58. The molecule has 0 spiro atoms. The molecular weight excluding hydrogens is 398 g/mol. The molecule has 0 aliphatic rings. The number of aromatic nitrogens is 3. The Morgan fingerprint density at radius 3 is 2.61 bits per heavy atom. The van der Waals surface area contributed by atoms with Gasteiger partial charge in [0.15, 0.2) is 5.16 Å². The molecule has 2 amide bonds. The van der Waals surface area contributed by atoms with E-state index in [1.165, 1.54) is 18.7 Å². The monoisotopic (exact) mass is 415 g/mol. The summed E-state index contributed by atoms with van der Waals surface area (Å²) in [4.78, 5) is 23.4. The van der Waals surface area contributed by atoms with Gasteiger partial charge in [-0.3, -0.25) is 14.2 Å². The van der Waals surface area contributed by atoms with Crippen LogP contribution >= 0.6 is 23.4 Å². The maximum absolute atomic E-state index is 12.3. The SMILES string of the molecule is CC(=O)Nc1cccc(NC(=O)CSc2nncn2-c2ccc(C)c(Cl)c2)c1. The molecule has 0 saturated carbocycles. The number of nitrogens with zero attached hydrogens (tertiary/aromatic N) is 3. The van der Waals surface area contributed by atoms with E-state index in [-0.39, 0.29) is 17.6 Å². The first-order chi connectivity index (χ1) is 13.4. The highest BCUT2D eigenvalue weighted by Gasteiger charge is 2.11. The summed E-state index contributed by atoms with van der Waals surface area (Å²) < 4.78 is 1.78. The van der Waals surface area contributed by atoms with E-state index in [2.05, 4.69) is 20.8 Å². The lowest BCUT2D eigenvalue weighted by Crippen LogP contribution is -2.15. The molecule has 0 unspecified atom stereocenters. The molecule has 0 saturated heterocycles. The summed E-state index contributed by atoms with van der Waals surface area (Å²) >= 11 is 7.46. The second-order valence-electron chi connectivity index (χ2n) is 6.02. The van der Waals surface area contributed by atoms with E-state index in [0.717, 1.165) is 11.3 Å². The zero-order chi connectivity index (χ0) is 20.1. The van der Waals surface area contributed by atoms with E-state index in [1.807, 2.05) is 25.1 Å².